The maximum atomic E-state index is 9.08. The maximum absolute atomic E-state index is 9.08. The van der Waals surface area contributed by atoms with Crippen molar-refractivity contribution in [3.05, 3.63) is 33.2 Å². The van der Waals surface area contributed by atoms with Gasteiger partial charge >= 0.3 is 29.6 Å². The Balaban J connectivity index is 0. The van der Waals surface area contributed by atoms with Gasteiger partial charge in [-0.15, -0.1) is 0 Å². The third-order valence-corrected chi connectivity index (χ3v) is 1.77. The molecule has 0 aliphatic rings. The largest absolute Gasteiger partial charge is 1.00 e. The van der Waals surface area contributed by atoms with Gasteiger partial charge in [0, 0.05) is 15.2 Å². The van der Waals surface area contributed by atoms with Crippen molar-refractivity contribution in [1.29, 1.82) is 0 Å². The van der Waals surface area contributed by atoms with Gasteiger partial charge in [-0.05, 0) is 18.2 Å². The van der Waals surface area contributed by atoms with Crippen LogP contribution in [0.2, 0.25) is 0 Å². The van der Waals surface area contributed by atoms with Crippen molar-refractivity contribution in [3.8, 4) is 0 Å². The zero-order valence-electron chi connectivity index (χ0n) is 7.70. The fourth-order valence-corrected chi connectivity index (χ4v) is 1.57. The van der Waals surface area contributed by atoms with Crippen molar-refractivity contribution in [3.63, 3.8) is 0 Å². The molecule has 74 valence electrons. The topological polar surface area (TPSA) is 57.2 Å². The summed E-state index contributed by atoms with van der Waals surface area (Å²) in [5, 5.41) is 0. The van der Waals surface area contributed by atoms with E-state index in [4.69, 9.17) is 13.0 Å². The van der Waals surface area contributed by atoms with Crippen LogP contribution in [-0.2, 0) is 10.1 Å². The van der Waals surface area contributed by atoms with Crippen LogP contribution in [0, 0.1) is 0 Å². The normalized spacial score (nSPS) is 9.43. The van der Waals surface area contributed by atoms with Crippen LogP contribution in [0.15, 0.2) is 33.2 Å². The maximum Gasteiger partial charge on any atom is 1.00 e. The summed E-state index contributed by atoms with van der Waals surface area (Å²) >= 11 is 6.66. The molecular formula is C7H7Br2NaO3S. The fourth-order valence-electron chi connectivity index (χ4n) is 0.460. The molecule has 7 heteroatoms. The minimum absolute atomic E-state index is 0. The van der Waals surface area contributed by atoms with E-state index in [0.717, 1.165) is 8.95 Å². The SMILES string of the molecule is Brc1cccc(Br)c1.CS(=O)(=O)[O-].[Na+]. The van der Waals surface area contributed by atoms with Gasteiger partial charge in [-0.3, -0.25) is 0 Å². The minimum Gasteiger partial charge on any atom is -0.748 e. The molecule has 3 nitrogen and oxygen atoms in total. The van der Waals surface area contributed by atoms with Crippen LogP contribution >= 0.6 is 31.9 Å². The van der Waals surface area contributed by atoms with Crippen LogP contribution in [0.3, 0.4) is 0 Å². The Morgan fingerprint density at radius 1 is 1.21 bits per heavy atom. The predicted octanol–water partition coefficient (Wildman–Crippen LogP) is -0.623. The first-order valence-corrected chi connectivity index (χ1v) is 6.51. The molecular weight excluding hydrogens is 347 g/mol. The molecule has 0 unspecified atom stereocenters. The van der Waals surface area contributed by atoms with E-state index < -0.39 is 10.1 Å². The van der Waals surface area contributed by atoms with Crippen molar-refractivity contribution >= 4 is 42.0 Å². The quantitative estimate of drug-likeness (QED) is 0.461. The second-order valence-electron chi connectivity index (χ2n) is 2.14. The van der Waals surface area contributed by atoms with Crippen LogP contribution in [0.25, 0.3) is 0 Å². The van der Waals surface area contributed by atoms with Gasteiger partial charge in [0.25, 0.3) is 0 Å². The third kappa shape index (κ3) is 15.6. The monoisotopic (exact) mass is 352 g/mol. The van der Waals surface area contributed by atoms with Gasteiger partial charge in [-0.1, -0.05) is 37.9 Å². The van der Waals surface area contributed by atoms with Crippen molar-refractivity contribution < 1.29 is 42.5 Å². The molecule has 0 bridgehead atoms. The summed E-state index contributed by atoms with van der Waals surface area (Å²) in [6.07, 6.45) is 0.604. The van der Waals surface area contributed by atoms with Crippen molar-refractivity contribution in [1.82, 2.24) is 0 Å². The molecule has 0 saturated carbocycles. The van der Waals surface area contributed by atoms with E-state index in [2.05, 4.69) is 31.9 Å². The van der Waals surface area contributed by atoms with Gasteiger partial charge in [0.05, 0.1) is 10.1 Å². The second kappa shape index (κ2) is 8.27. The van der Waals surface area contributed by atoms with Crippen molar-refractivity contribution in [2.24, 2.45) is 0 Å². The van der Waals surface area contributed by atoms with Gasteiger partial charge in [0.15, 0.2) is 0 Å². The van der Waals surface area contributed by atoms with E-state index in [1.54, 1.807) is 0 Å². The van der Waals surface area contributed by atoms with E-state index in [-0.39, 0.29) is 29.6 Å². The van der Waals surface area contributed by atoms with E-state index in [9.17, 15) is 0 Å². The van der Waals surface area contributed by atoms with Crippen LogP contribution in [-0.4, -0.2) is 19.2 Å². The van der Waals surface area contributed by atoms with Crippen LogP contribution in [0.4, 0.5) is 0 Å². The molecule has 1 aromatic rings. The summed E-state index contributed by atoms with van der Waals surface area (Å²) in [7, 11) is -3.92. The molecule has 0 saturated heterocycles. The molecule has 0 amide bonds. The minimum atomic E-state index is -3.92. The number of rotatable bonds is 0. The summed E-state index contributed by atoms with van der Waals surface area (Å²) in [6, 6.07) is 7.96. The molecule has 0 aliphatic carbocycles. The van der Waals surface area contributed by atoms with E-state index in [1.165, 1.54) is 0 Å². The van der Waals surface area contributed by atoms with Gasteiger partial charge in [0.2, 0.25) is 0 Å². The Morgan fingerprint density at radius 2 is 1.50 bits per heavy atom. The predicted molar refractivity (Wildman–Crippen MR) is 57.5 cm³/mol. The smallest absolute Gasteiger partial charge is 0.748 e. The van der Waals surface area contributed by atoms with Crippen LogP contribution in [0.5, 0.6) is 0 Å². The van der Waals surface area contributed by atoms with Crippen LogP contribution in [0.1, 0.15) is 0 Å². The standard InChI is InChI=1S/C6H4Br2.CH4O3S.Na/c7-5-2-1-3-6(8)4-5;1-5(2,3)4;/h1-4H;1H3,(H,2,3,4);/q;;+1/p-1. The Labute approximate surface area is 123 Å². The summed E-state index contributed by atoms with van der Waals surface area (Å²) in [5.74, 6) is 0. The van der Waals surface area contributed by atoms with Crippen molar-refractivity contribution in [2.75, 3.05) is 6.26 Å². The van der Waals surface area contributed by atoms with Crippen LogP contribution < -0.4 is 29.6 Å². The average Bonchev–Trinajstić information content (AvgIpc) is 1.81. The Morgan fingerprint density at radius 3 is 1.64 bits per heavy atom. The Kier molecular flexibility index (Phi) is 10.3. The van der Waals surface area contributed by atoms with E-state index >= 15 is 0 Å². The molecule has 0 aliphatic heterocycles. The number of hydrogen-bond acceptors (Lipinski definition) is 3. The van der Waals surface area contributed by atoms with E-state index in [0.29, 0.717) is 6.26 Å². The number of benzene rings is 1. The number of hydrogen-bond donors (Lipinski definition) is 0. The van der Waals surface area contributed by atoms with Gasteiger partial charge in [-0.25, -0.2) is 8.42 Å². The summed E-state index contributed by atoms with van der Waals surface area (Å²) in [5.41, 5.74) is 0. The van der Waals surface area contributed by atoms with Gasteiger partial charge < -0.3 is 4.55 Å². The Hall–Kier alpha value is 1.09. The second-order valence-corrected chi connectivity index (χ2v) is 5.38. The summed E-state index contributed by atoms with van der Waals surface area (Å²) in [4.78, 5) is 0. The summed E-state index contributed by atoms with van der Waals surface area (Å²) in [6.45, 7) is 0. The average molecular weight is 354 g/mol. The summed E-state index contributed by atoms with van der Waals surface area (Å²) < 4.78 is 29.4. The molecule has 0 fully saturated rings. The molecule has 0 atom stereocenters. The Bertz CT molecular complexity index is 342. The molecule has 0 N–H and O–H groups in total. The van der Waals surface area contributed by atoms with Crippen molar-refractivity contribution in [2.45, 2.75) is 0 Å². The fraction of sp³-hybridized carbons (Fsp3) is 0.143. The molecule has 0 aromatic heterocycles. The molecule has 0 radical (unpaired) electrons. The molecule has 14 heavy (non-hydrogen) atoms. The first-order chi connectivity index (χ1) is 5.79. The van der Waals surface area contributed by atoms with E-state index in [1.807, 2.05) is 24.3 Å². The molecule has 1 aromatic carbocycles. The molecule has 1 rings (SSSR count). The van der Waals surface area contributed by atoms with Gasteiger partial charge in [0.1, 0.15) is 0 Å². The number of halogens is 2. The zero-order chi connectivity index (χ0) is 10.5. The molecule has 0 spiro atoms. The molecule has 0 heterocycles. The zero-order valence-corrected chi connectivity index (χ0v) is 13.7. The third-order valence-electron chi connectivity index (χ3n) is 0.787. The van der Waals surface area contributed by atoms with Gasteiger partial charge in [-0.2, -0.15) is 0 Å². The first kappa shape index (κ1) is 17.5. The first-order valence-electron chi connectivity index (χ1n) is 3.11.